The highest BCUT2D eigenvalue weighted by Crippen LogP contribution is 2.23. The second-order valence-electron chi connectivity index (χ2n) is 5.96. The van der Waals surface area contributed by atoms with Gasteiger partial charge in [-0.2, -0.15) is 0 Å². The molecule has 0 radical (unpaired) electrons. The Kier molecular flexibility index (Phi) is 5.58. The minimum absolute atomic E-state index is 0.110. The Morgan fingerprint density at radius 1 is 1.17 bits per heavy atom. The smallest absolute Gasteiger partial charge is 0.262 e. The van der Waals surface area contributed by atoms with Crippen LogP contribution in [0.25, 0.3) is 0 Å². The summed E-state index contributed by atoms with van der Waals surface area (Å²) in [6.07, 6.45) is 0. The average molecular weight is 326 g/mol. The molecule has 0 heterocycles. The molecule has 0 fully saturated rings. The predicted molar refractivity (Wildman–Crippen MR) is 94.4 cm³/mol. The molecule has 0 aliphatic heterocycles. The number of anilines is 1. The molecule has 5 heteroatoms. The molecule has 5 nitrogen and oxygen atoms in total. The van der Waals surface area contributed by atoms with E-state index in [4.69, 9.17) is 10.5 Å². The number of nitrogens with one attached hydrogen (secondary N) is 1. The molecule has 2 rings (SSSR count). The maximum Gasteiger partial charge on any atom is 0.262 e. The number of amides is 2. The van der Waals surface area contributed by atoms with E-state index in [9.17, 15) is 9.59 Å². The molecule has 0 spiro atoms. The first kappa shape index (κ1) is 17.5. The third-order valence-corrected chi connectivity index (χ3v) is 3.66. The lowest BCUT2D eigenvalue weighted by molar-refractivity contribution is -0.118. The lowest BCUT2D eigenvalue weighted by Gasteiger charge is -2.12. The zero-order valence-electron chi connectivity index (χ0n) is 14.1. The topological polar surface area (TPSA) is 81.4 Å². The first-order chi connectivity index (χ1) is 11.4. The molecule has 2 aromatic carbocycles. The van der Waals surface area contributed by atoms with E-state index in [1.165, 1.54) is 11.6 Å². The Labute approximate surface area is 141 Å². The Morgan fingerprint density at radius 3 is 2.54 bits per heavy atom. The van der Waals surface area contributed by atoms with Gasteiger partial charge >= 0.3 is 0 Å². The van der Waals surface area contributed by atoms with Crippen LogP contribution < -0.4 is 15.8 Å². The van der Waals surface area contributed by atoms with Crippen molar-refractivity contribution in [2.24, 2.45) is 5.73 Å². The van der Waals surface area contributed by atoms with Crippen LogP contribution in [0.5, 0.6) is 5.75 Å². The van der Waals surface area contributed by atoms with Crippen molar-refractivity contribution in [3.63, 3.8) is 0 Å². The van der Waals surface area contributed by atoms with Crippen molar-refractivity contribution in [2.75, 3.05) is 11.9 Å². The number of primary amides is 1. The number of hydrogen-bond donors (Lipinski definition) is 2. The van der Waals surface area contributed by atoms with Crippen LogP contribution in [-0.4, -0.2) is 18.4 Å². The first-order valence-electron chi connectivity index (χ1n) is 7.80. The Bertz CT molecular complexity index is 754. The van der Waals surface area contributed by atoms with Gasteiger partial charge < -0.3 is 15.8 Å². The Balaban J connectivity index is 1.95. The van der Waals surface area contributed by atoms with Gasteiger partial charge in [0.25, 0.3) is 5.91 Å². The summed E-state index contributed by atoms with van der Waals surface area (Å²) in [5.74, 6) is 0.253. The molecule has 2 amide bonds. The van der Waals surface area contributed by atoms with E-state index >= 15 is 0 Å². The minimum atomic E-state index is -0.539. The maximum atomic E-state index is 12.0. The molecule has 0 atom stereocenters. The number of aryl methyl sites for hydroxylation is 1. The molecule has 0 saturated carbocycles. The molecular formula is C19H22N2O3. The number of nitrogens with two attached hydrogens (primary N) is 1. The number of hydrogen-bond acceptors (Lipinski definition) is 3. The maximum absolute atomic E-state index is 12.0. The molecule has 2 aromatic rings. The molecule has 0 saturated heterocycles. The Morgan fingerprint density at radius 2 is 1.92 bits per heavy atom. The quantitative estimate of drug-likeness (QED) is 0.855. The largest absolute Gasteiger partial charge is 0.484 e. The van der Waals surface area contributed by atoms with Crippen molar-refractivity contribution >= 4 is 17.5 Å². The summed E-state index contributed by atoms with van der Waals surface area (Å²) >= 11 is 0. The molecule has 24 heavy (non-hydrogen) atoms. The first-order valence-corrected chi connectivity index (χ1v) is 7.80. The van der Waals surface area contributed by atoms with Gasteiger partial charge in [0.1, 0.15) is 5.75 Å². The van der Waals surface area contributed by atoms with Gasteiger partial charge in [-0.25, -0.2) is 0 Å². The van der Waals surface area contributed by atoms with Crippen LogP contribution in [0.15, 0.2) is 42.5 Å². The lowest BCUT2D eigenvalue weighted by atomic mass is 9.98. The lowest BCUT2D eigenvalue weighted by Crippen LogP contribution is -2.20. The van der Waals surface area contributed by atoms with Gasteiger partial charge in [0, 0.05) is 11.3 Å². The molecule has 0 aliphatic rings. The highest BCUT2D eigenvalue weighted by Gasteiger charge is 2.08. The van der Waals surface area contributed by atoms with E-state index in [0.29, 0.717) is 22.9 Å². The van der Waals surface area contributed by atoms with Gasteiger partial charge in [0.15, 0.2) is 6.61 Å². The Hall–Kier alpha value is -2.82. The van der Waals surface area contributed by atoms with Gasteiger partial charge in [-0.05, 0) is 54.3 Å². The summed E-state index contributed by atoms with van der Waals surface area (Å²) in [7, 11) is 0. The standard InChI is InChI=1S/C19H22N2O3/c1-12(2)17-8-7-16(9-13(17)3)24-11-18(22)21-15-6-4-5-14(10-15)19(20)23/h4-10,12H,11H2,1-3H3,(H2,20,23)(H,21,22). The summed E-state index contributed by atoms with van der Waals surface area (Å²) < 4.78 is 5.53. The summed E-state index contributed by atoms with van der Waals surface area (Å²) in [4.78, 5) is 23.1. The monoisotopic (exact) mass is 326 g/mol. The molecule has 0 bridgehead atoms. The van der Waals surface area contributed by atoms with Crippen LogP contribution in [0.3, 0.4) is 0 Å². The molecule has 126 valence electrons. The van der Waals surface area contributed by atoms with Crippen molar-refractivity contribution in [3.05, 3.63) is 59.2 Å². The van der Waals surface area contributed by atoms with Crippen molar-refractivity contribution in [3.8, 4) is 5.75 Å². The van der Waals surface area contributed by atoms with Gasteiger partial charge in [-0.1, -0.05) is 26.0 Å². The SMILES string of the molecule is Cc1cc(OCC(=O)Nc2cccc(C(N)=O)c2)ccc1C(C)C. The third kappa shape index (κ3) is 4.59. The third-order valence-electron chi connectivity index (χ3n) is 3.66. The number of rotatable bonds is 6. The molecule has 3 N–H and O–H groups in total. The summed E-state index contributed by atoms with van der Waals surface area (Å²) in [5, 5.41) is 2.68. The van der Waals surface area contributed by atoms with Crippen LogP contribution in [0.2, 0.25) is 0 Å². The van der Waals surface area contributed by atoms with Crippen LogP contribution in [0.4, 0.5) is 5.69 Å². The van der Waals surface area contributed by atoms with Gasteiger partial charge in [-0.3, -0.25) is 9.59 Å². The fraction of sp³-hybridized carbons (Fsp3) is 0.263. The number of carbonyl (C=O) groups is 2. The average Bonchev–Trinajstić information content (AvgIpc) is 2.53. The predicted octanol–water partition coefficient (Wildman–Crippen LogP) is 3.23. The van der Waals surface area contributed by atoms with Gasteiger partial charge in [-0.15, -0.1) is 0 Å². The van der Waals surface area contributed by atoms with E-state index in [-0.39, 0.29) is 12.5 Å². The van der Waals surface area contributed by atoms with Crippen LogP contribution in [-0.2, 0) is 4.79 Å². The molecule has 0 unspecified atom stereocenters. The summed E-state index contributed by atoms with van der Waals surface area (Å²) in [5.41, 5.74) is 8.46. The highest BCUT2D eigenvalue weighted by atomic mass is 16.5. The van der Waals surface area contributed by atoms with Gasteiger partial charge in [0.05, 0.1) is 0 Å². The van der Waals surface area contributed by atoms with E-state index in [2.05, 4.69) is 19.2 Å². The van der Waals surface area contributed by atoms with E-state index < -0.39 is 5.91 Å². The second-order valence-corrected chi connectivity index (χ2v) is 5.96. The number of benzene rings is 2. The van der Waals surface area contributed by atoms with Crippen molar-refractivity contribution < 1.29 is 14.3 Å². The highest BCUT2D eigenvalue weighted by molar-refractivity contribution is 5.96. The van der Waals surface area contributed by atoms with E-state index in [0.717, 1.165) is 5.56 Å². The number of ether oxygens (including phenoxy) is 1. The second kappa shape index (κ2) is 7.64. The molecular weight excluding hydrogens is 304 g/mol. The number of carbonyl (C=O) groups excluding carboxylic acids is 2. The van der Waals surface area contributed by atoms with E-state index in [1.54, 1.807) is 18.2 Å². The van der Waals surface area contributed by atoms with Crippen molar-refractivity contribution in [1.82, 2.24) is 0 Å². The van der Waals surface area contributed by atoms with Crippen molar-refractivity contribution in [2.45, 2.75) is 26.7 Å². The normalized spacial score (nSPS) is 10.5. The fourth-order valence-corrected chi connectivity index (χ4v) is 2.48. The van der Waals surface area contributed by atoms with Gasteiger partial charge in [0.2, 0.25) is 5.91 Å². The summed E-state index contributed by atoms with van der Waals surface area (Å²) in [6, 6.07) is 12.3. The van der Waals surface area contributed by atoms with Crippen LogP contribution in [0.1, 0.15) is 41.3 Å². The van der Waals surface area contributed by atoms with Crippen LogP contribution in [0, 0.1) is 6.92 Å². The minimum Gasteiger partial charge on any atom is -0.484 e. The van der Waals surface area contributed by atoms with Crippen LogP contribution >= 0.6 is 0 Å². The summed E-state index contributed by atoms with van der Waals surface area (Å²) in [6.45, 7) is 6.19. The fourth-order valence-electron chi connectivity index (χ4n) is 2.48. The zero-order chi connectivity index (χ0) is 17.7. The molecule has 0 aliphatic carbocycles. The van der Waals surface area contributed by atoms with Crippen molar-refractivity contribution in [1.29, 1.82) is 0 Å². The van der Waals surface area contributed by atoms with E-state index in [1.807, 2.05) is 25.1 Å². The molecule has 0 aromatic heterocycles. The zero-order valence-corrected chi connectivity index (χ0v) is 14.1.